The van der Waals surface area contributed by atoms with Gasteiger partial charge in [0.15, 0.2) is 0 Å². The molecule has 0 unspecified atom stereocenters. The largest absolute Gasteiger partial charge is 0.361 e. The van der Waals surface area contributed by atoms with Crippen molar-refractivity contribution in [3.8, 4) is 0 Å². The SMILES string of the molecule is Cc1cnc(C(=O)NCCc2c[nH]c3ccccc23)cn1. The number of H-pyrrole nitrogens is 1. The number of aromatic nitrogens is 3. The highest BCUT2D eigenvalue weighted by Gasteiger charge is 2.08. The smallest absolute Gasteiger partial charge is 0.271 e. The summed E-state index contributed by atoms with van der Waals surface area (Å²) in [5.41, 5.74) is 3.45. The van der Waals surface area contributed by atoms with Crippen LogP contribution in [0.4, 0.5) is 0 Å². The summed E-state index contributed by atoms with van der Waals surface area (Å²) >= 11 is 0. The Bertz CT molecular complexity index is 761. The fraction of sp³-hybridized carbons (Fsp3) is 0.188. The van der Waals surface area contributed by atoms with Gasteiger partial charge in [0, 0.05) is 29.8 Å². The van der Waals surface area contributed by atoms with Crippen LogP contribution in [-0.2, 0) is 6.42 Å². The van der Waals surface area contributed by atoms with Gasteiger partial charge in [-0.1, -0.05) is 18.2 Å². The number of nitrogens with one attached hydrogen (secondary N) is 2. The van der Waals surface area contributed by atoms with Gasteiger partial charge in [-0.25, -0.2) is 4.98 Å². The third-order valence-electron chi connectivity index (χ3n) is 3.37. The predicted octanol–water partition coefficient (Wildman–Crippen LogP) is 2.24. The van der Waals surface area contributed by atoms with Crippen molar-refractivity contribution in [3.05, 3.63) is 59.8 Å². The van der Waals surface area contributed by atoms with Gasteiger partial charge < -0.3 is 10.3 Å². The minimum atomic E-state index is -0.192. The van der Waals surface area contributed by atoms with E-state index < -0.39 is 0 Å². The Morgan fingerprint density at radius 2 is 2.10 bits per heavy atom. The molecule has 0 spiro atoms. The van der Waals surface area contributed by atoms with Gasteiger partial charge in [-0.05, 0) is 25.0 Å². The zero-order valence-corrected chi connectivity index (χ0v) is 11.8. The summed E-state index contributed by atoms with van der Waals surface area (Å²) in [5.74, 6) is -0.192. The molecule has 2 heterocycles. The molecule has 1 amide bonds. The van der Waals surface area contributed by atoms with Crippen LogP contribution < -0.4 is 5.32 Å². The van der Waals surface area contributed by atoms with E-state index in [0.717, 1.165) is 17.6 Å². The number of benzene rings is 1. The summed E-state index contributed by atoms with van der Waals surface area (Å²) in [7, 11) is 0. The standard InChI is InChI=1S/C16H16N4O/c1-11-8-19-15(10-18-11)16(21)17-7-6-12-9-20-14-5-3-2-4-13(12)14/h2-5,8-10,20H,6-7H2,1H3,(H,17,21). The third-order valence-corrected chi connectivity index (χ3v) is 3.37. The molecular weight excluding hydrogens is 264 g/mol. The summed E-state index contributed by atoms with van der Waals surface area (Å²) < 4.78 is 0. The highest BCUT2D eigenvalue weighted by molar-refractivity contribution is 5.92. The van der Waals surface area contributed by atoms with Gasteiger partial charge in [-0.15, -0.1) is 0 Å². The molecular formula is C16H16N4O. The molecule has 0 atom stereocenters. The number of aryl methyl sites for hydroxylation is 1. The number of carbonyl (C=O) groups excluding carboxylic acids is 1. The van der Waals surface area contributed by atoms with Crippen molar-refractivity contribution in [1.29, 1.82) is 0 Å². The Hall–Kier alpha value is -2.69. The summed E-state index contributed by atoms with van der Waals surface area (Å²) in [6, 6.07) is 8.13. The lowest BCUT2D eigenvalue weighted by molar-refractivity contribution is 0.0948. The molecule has 3 rings (SSSR count). The van der Waals surface area contributed by atoms with Crippen LogP contribution in [0.1, 0.15) is 21.7 Å². The predicted molar refractivity (Wildman–Crippen MR) is 81.1 cm³/mol. The van der Waals surface area contributed by atoms with Gasteiger partial charge in [0.2, 0.25) is 0 Å². The molecule has 3 aromatic rings. The molecule has 5 nitrogen and oxygen atoms in total. The molecule has 0 radical (unpaired) electrons. The molecule has 0 bridgehead atoms. The lowest BCUT2D eigenvalue weighted by Crippen LogP contribution is -2.26. The molecule has 0 aliphatic carbocycles. The second-order valence-corrected chi connectivity index (χ2v) is 4.91. The van der Waals surface area contributed by atoms with E-state index in [4.69, 9.17) is 0 Å². The van der Waals surface area contributed by atoms with Crippen LogP contribution in [0.15, 0.2) is 42.9 Å². The number of hydrogen-bond donors (Lipinski definition) is 2. The molecule has 106 valence electrons. The van der Waals surface area contributed by atoms with Gasteiger partial charge >= 0.3 is 0 Å². The summed E-state index contributed by atoms with van der Waals surface area (Å²) in [6.45, 7) is 2.40. The number of hydrogen-bond acceptors (Lipinski definition) is 3. The molecule has 0 saturated carbocycles. The van der Waals surface area contributed by atoms with E-state index in [2.05, 4.69) is 26.3 Å². The van der Waals surface area contributed by atoms with Crippen molar-refractivity contribution in [3.63, 3.8) is 0 Å². The fourth-order valence-corrected chi connectivity index (χ4v) is 2.25. The number of nitrogens with zero attached hydrogens (tertiary/aromatic N) is 2. The summed E-state index contributed by atoms with van der Waals surface area (Å²) in [4.78, 5) is 23.3. The lowest BCUT2D eigenvalue weighted by atomic mass is 10.1. The highest BCUT2D eigenvalue weighted by atomic mass is 16.1. The van der Waals surface area contributed by atoms with Gasteiger partial charge in [0.05, 0.1) is 11.9 Å². The number of para-hydroxylation sites is 1. The summed E-state index contributed by atoms with van der Waals surface area (Å²) in [5, 5.41) is 4.06. The minimum absolute atomic E-state index is 0.192. The average Bonchev–Trinajstić information content (AvgIpc) is 2.91. The van der Waals surface area contributed by atoms with Crippen LogP contribution in [0.3, 0.4) is 0 Å². The zero-order valence-electron chi connectivity index (χ0n) is 11.8. The maximum absolute atomic E-state index is 11.9. The number of amides is 1. The first kappa shape index (κ1) is 13.3. The Morgan fingerprint density at radius 1 is 1.24 bits per heavy atom. The molecule has 0 saturated heterocycles. The average molecular weight is 280 g/mol. The molecule has 2 aromatic heterocycles. The topological polar surface area (TPSA) is 70.7 Å². The number of aromatic amines is 1. The summed E-state index contributed by atoms with van der Waals surface area (Å²) in [6.07, 6.45) is 5.85. The van der Waals surface area contributed by atoms with E-state index in [-0.39, 0.29) is 5.91 Å². The first-order valence-electron chi connectivity index (χ1n) is 6.86. The third kappa shape index (κ3) is 2.91. The monoisotopic (exact) mass is 280 g/mol. The van der Waals surface area contributed by atoms with E-state index in [1.165, 1.54) is 17.1 Å². The van der Waals surface area contributed by atoms with Crippen molar-refractivity contribution in [2.24, 2.45) is 0 Å². The first-order chi connectivity index (χ1) is 10.2. The minimum Gasteiger partial charge on any atom is -0.361 e. The molecule has 1 aromatic carbocycles. The Balaban J connectivity index is 1.61. The van der Waals surface area contributed by atoms with Crippen LogP contribution in [0.25, 0.3) is 10.9 Å². The Labute approximate surface area is 122 Å². The van der Waals surface area contributed by atoms with Crippen molar-refractivity contribution in [2.45, 2.75) is 13.3 Å². The van der Waals surface area contributed by atoms with Gasteiger partial charge in [0.25, 0.3) is 5.91 Å². The van der Waals surface area contributed by atoms with E-state index >= 15 is 0 Å². The van der Waals surface area contributed by atoms with Crippen molar-refractivity contribution in [2.75, 3.05) is 6.54 Å². The van der Waals surface area contributed by atoms with Crippen LogP contribution >= 0.6 is 0 Å². The van der Waals surface area contributed by atoms with Gasteiger partial charge in [-0.2, -0.15) is 0 Å². The second-order valence-electron chi connectivity index (χ2n) is 4.91. The number of rotatable bonds is 4. The van der Waals surface area contributed by atoms with E-state index in [0.29, 0.717) is 12.2 Å². The molecule has 5 heteroatoms. The van der Waals surface area contributed by atoms with E-state index in [1.54, 1.807) is 6.20 Å². The zero-order chi connectivity index (χ0) is 14.7. The second kappa shape index (κ2) is 5.75. The normalized spacial score (nSPS) is 10.7. The highest BCUT2D eigenvalue weighted by Crippen LogP contribution is 2.17. The van der Waals surface area contributed by atoms with Crippen molar-refractivity contribution >= 4 is 16.8 Å². The van der Waals surface area contributed by atoms with Crippen molar-refractivity contribution in [1.82, 2.24) is 20.3 Å². The number of carbonyl (C=O) groups is 1. The van der Waals surface area contributed by atoms with Gasteiger partial charge in [-0.3, -0.25) is 9.78 Å². The number of fused-ring (bicyclic) bond motifs is 1. The van der Waals surface area contributed by atoms with Gasteiger partial charge in [0.1, 0.15) is 5.69 Å². The molecule has 21 heavy (non-hydrogen) atoms. The Kier molecular flexibility index (Phi) is 3.64. The van der Waals surface area contributed by atoms with Crippen molar-refractivity contribution < 1.29 is 4.79 Å². The fourth-order valence-electron chi connectivity index (χ4n) is 2.25. The van der Waals surface area contributed by atoms with Crippen LogP contribution in [0.5, 0.6) is 0 Å². The molecule has 0 aliphatic rings. The quantitative estimate of drug-likeness (QED) is 0.770. The first-order valence-corrected chi connectivity index (χ1v) is 6.86. The maximum atomic E-state index is 11.9. The van der Waals surface area contributed by atoms with E-state index in [1.807, 2.05) is 31.3 Å². The van der Waals surface area contributed by atoms with Crippen LogP contribution in [0, 0.1) is 6.92 Å². The molecule has 2 N–H and O–H groups in total. The Morgan fingerprint density at radius 3 is 2.90 bits per heavy atom. The van der Waals surface area contributed by atoms with E-state index in [9.17, 15) is 4.79 Å². The maximum Gasteiger partial charge on any atom is 0.271 e. The molecule has 0 aliphatic heterocycles. The van der Waals surface area contributed by atoms with Crippen LogP contribution in [-0.4, -0.2) is 27.4 Å². The lowest BCUT2D eigenvalue weighted by Gasteiger charge is -2.04. The van der Waals surface area contributed by atoms with Crippen LogP contribution in [0.2, 0.25) is 0 Å². The molecule has 0 fully saturated rings.